The average Bonchev–Trinajstić information content (AvgIpc) is 1.71. The minimum atomic E-state index is -3.55. The fourth-order valence-electron chi connectivity index (χ4n) is 13.2. The Balaban J connectivity index is 0.000000181. The zero-order valence-corrected chi connectivity index (χ0v) is 99.7. The zero-order valence-electron chi connectivity index (χ0n) is 63.0. The maximum absolute atomic E-state index is 14.0. The number of sulfone groups is 1. The largest absolute Gasteiger partial charge is 0.478 e. The van der Waals surface area contributed by atoms with Crippen LogP contribution in [0.2, 0.25) is 0 Å². The number of carbonyl (C=O) groups is 2. The van der Waals surface area contributed by atoms with E-state index in [0.717, 1.165) is 160 Å². The summed E-state index contributed by atoms with van der Waals surface area (Å²) < 4.78 is 75.4. The minimum absolute atomic E-state index is 0.000249. The van der Waals surface area contributed by atoms with Crippen molar-refractivity contribution in [2.24, 2.45) is 0 Å². The van der Waals surface area contributed by atoms with Gasteiger partial charge in [-0.15, -0.1) is 161 Å². The second-order valence-electron chi connectivity index (χ2n) is 26.5. The third-order valence-electron chi connectivity index (χ3n) is 17.8. The number of ether oxygens (including phenoxy) is 4. The van der Waals surface area contributed by atoms with Crippen molar-refractivity contribution >= 4 is 333 Å². The number of anilines is 3. The van der Waals surface area contributed by atoms with E-state index in [0.29, 0.717) is 56.7 Å². The molecule has 22 nitrogen and oxygen atoms in total. The van der Waals surface area contributed by atoms with Crippen LogP contribution in [-0.2, 0) is 70.6 Å². The Hall–Kier alpha value is 8.34. The van der Waals surface area contributed by atoms with E-state index in [1.54, 1.807) is 37.3 Å². The van der Waals surface area contributed by atoms with Crippen LogP contribution in [-0.4, -0.2) is 159 Å². The monoisotopic (exact) mass is 2210 g/mol. The van der Waals surface area contributed by atoms with Gasteiger partial charge in [-0.05, 0) is 188 Å². The molecular formula is C55H107N11O11P34S2. The number of aryl methyl sites for hydroxylation is 2. The summed E-state index contributed by atoms with van der Waals surface area (Å²) in [6.45, 7) is 13.2. The number of rotatable bonds is 25. The number of amides is 1. The van der Waals surface area contributed by atoms with Crippen LogP contribution >= 0.6 is 273 Å². The SMILES string of the molecule is Cc1ccc(CS(C)(=O)=O)c(C(=O)O)c1.Cc1ccc(NS(C)(=O)=O)c(C(=O)N2CCCCC2c2cc3nc4c(c(N5CCOCC5)n3n2)COCC4)c1.PP(P)P(P(P)P)P(P(P)P)P(P(P(P)P)P(P)P)P(P(P(P)P)P(P)P)P(P(P)P)P(P)P.c1c(C2CCCCN2)nn2c(N3CCOCC3)c3c(nc12)CCOC3. The molecule has 10 heterocycles. The van der Waals surface area contributed by atoms with Crippen LogP contribution in [0.25, 0.3) is 11.3 Å². The fourth-order valence-corrected chi connectivity index (χ4v) is 475. The molecule has 113 heavy (non-hydrogen) atoms. The van der Waals surface area contributed by atoms with Crippen molar-refractivity contribution < 1.29 is 50.5 Å². The van der Waals surface area contributed by atoms with Crippen LogP contribution in [0, 0.1) is 13.8 Å². The molecule has 58 heteroatoms. The van der Waals surface area contributed by atoms with E-state index in [-0.39, 0.29) is 141 Å². The molecule has 3 N–H and O–H groups in total. The highest BCUT2D eigenvalue weighted by Gasteiger charge is 2.53. The van der Waals surface area contributed by atoms with Gasteiger partial charge in [-0.1, -0.05) is 35.7 Å². The predicted octanol–water partition coefficient (Wildman–Crippen LogP) is 25.0. The summed E-state index contributed by atoms with van der Waals surface area (Å²) in [6.07, 6.45) is 10.1. The first-order valence-corrected chi connectivity index (χ1v) is 100. The molecule has 6 aliphatic heterocycles. The van der Waals surface area contributed by atoms with E-state index >= 15 is 0 Å². The summed E-state index contributed by atoms with van der Waals surface area (Å²) >= 11 is 0. The van der Waals surface area contributed by atoms with Crippen molar-refractivity contribution in [3.8, 4) is 0 Å². The van der Waals surface area contributed by atoms with E-state index in [1.807, 2.05) is 26.9 Å². The van der Waals surface area contributed by atoms with E-state index in [1.165, 1.54) is 30.2 Å². The third-order valence-corrected chi connectivity index (χ3v) is 245. The molecule has 6 aliphatic rings. The predicted molar refractivity (Wildman–Crippen MR) is 583 cm³/mol. The molecule has 2 aromatic carbocycles. The number of aromatic nitrogens is 6. The van der Waals surface area contributed by atoms with Crippen LogP contribution in [0.4, 0.5) is 17.3 Å². The molecule has 630 valence electrons. The fraction of sp³-hybridized carbons (Fsp3) is 0.527. The van der Waals surface area contributed by atoms with E-state index in [9.17, 15) is 26.4 Å². The van der Waals surface area contributed by atoms with E-state index < -0.39 is 25.8 Å². The van der Waals surface area contributed by atoms with E-state index in [2.05, 4.69) is 187 Å². The number of carbonyl (C=O) groups excluding carboxylic acids is 1. The number of sulfonamides is 1. The minimum Gasteiger partial charge on any atom is -0.478 e. The molecule has 0 radical (unpaired) electrons. The van der Waals surface area contributed by atoms with Crippen molar-refractivity contribution in [3.05, 3.63) is 110 Å². The lowest BCUT2D eigenvalue weighted by molar-refractivity contribution is 0.0605. The van der Waals surface area contributed by atoms with Crippen LogP contribution in [0.15, 0.2) is 48.5 Å². The first kappa shape index (κ1) is 105. The molecule has 4 saturated heterocycles. The molecule has 0 aliphatic carbocycles. The summed E-state index contributed by atoms with van der Waals surface area (Å²) in [5, 5.41) is 22.5. The van der Waals surface area contributed by atoms with Gasteiger partial charge in [-0.25, -0.2) is 31.6 Å². The van der Waals surface area contributed by atoms with Crippen LogP contribution < -0.4 is 19.8 Å². The molecule has 0 bridgehead atoms. The Kier molecular flexibility index (Phi) is 46.9. The molecule has 22 atom stereocenters. The van der Waals surface area contributed by atoms with Crippen molar-refractivity contribution in [2.75, 3.05) is 106 Å². The van der Waals surface area contributed by atoms with Crippen molar-refractivity contribution in [2.45, 2.75) is 96.3 Å². The molecule has 0 saturated carbocycles. The summed E-state index contributed by atoms with van der Waals surface area (Å²) in [7, 11) is 53.2. The van der Waals surface area contributed by atoms with Gasteiger partial charge in [0, 0.05) is 75.1 Å². The Morgan fingerprint density at radius 3 is 1.37 bits per heavy atom. The number of hydrogen-bond acceptors (Lipinski definition) is 17. The second-order valence-corrected chi connectivity index (χ2v) is 168. The molecule has 12 rings (SSSR count). The van der Waals surface area contributed by atoms with Crippen molar-refractivity contribution in [1.29, 1.82) is 0 Å². The van der Waals surface area contributed by atoms with Crippen LogP contribution in [0.5, 0.6) is 0 Å². The van der Waals surface area contributed by atoms with Gasteiger partial charge in [0.25, 0.3) is 5.91 Å². The number of benzene rings is 2. The van der Waals surface area contributed by atoms with Gasteiger partial charge in [0.1, 0.15) is 11.6 Å². The zero-order chi connectivity index (χ0) is 82.7. The number of nitrogens with zero attached hydrogens (tertiary/aromatic N) is 9. The number of carboxylic acids is 1. The normalized spacial score (nSPS) is 18.7. The number of fused-ring (bicyclic) bond motifs is 4. The quantitative estimate of drug-likeness (QED) is 0.0450. The molecule has 4 fully saturated rings. The number of carboxylic acid groups (broad SMARTS) is 1. The highest BCUT2D eigenvalue weighted by Crippen LogP contribution is 3.40. The molecule has 22 unspecified atom stereocenters. The number of morpholine rings is 2. The second kappa shape index (κ2) is 50.4. The topological polar surface area (TPSA) is 254 Å². The van der Waals surface area contributed by atoms with Gasteiger partial charge in [-0.2, -0.15) is 19.2 Å². The Morgan fingerprint density at radius 1 is 0.513 bits per heavy atom. The summed E-state index contributed by atoms with van der Waals surface area (Å²) in [4.78, 5) is 41.3. The number of nitrogens with one attached hydrogen (secondary N) is 2. The maximum Gasteiger partial charge on any atom is 0.336 e. The smallest absolute Gasteiger partial charge is 0.336 e. The molecule has 1 amide bonds. The lowest BCUT2D eigenvalue weighted by Crippen LogP contribution is -2.39. The van der Waals surface area contributed by atoms with Crippen LogP contribution in [0.3, 0.4) is 0 Å². The third kappa shape index (κ3) is 29.9. The summed E-state index contributed by atoms with van der Waals surface area (Å²) in [5.74, 6) is 0.605. The van der Waals surface area contributed by atoms with E-state index in [4.69, 9.17) is 44.2 Å². The Labute approximate surface area is 728 Å². The standard InChI is InChI=1S/C27H34N6O5S.C18H25N5O2.C10H12O4S.H36P34/c1-18-6-7-22(30-39(2,35)36)19(15-18)27(34)32-9-4-3-5-24(32)23-16-25-28-21-8-12-38-17-20(21)26(33(25)29-23)31-10-13-37-14-11-31;1-2-5-19-15(3-1)16-11-17-20-14-4-8-25-12-13(14)18(23(17)21-16)22-6-9-24-10-7-22;1-7-3-4-8(6-15(2,13)14)9(5-7)10(11)12;1-19(2)28(20(3)4)32(27(17)18)34(31(25(13)14)26(15)16)33(29(21(5)6)22(7)8)30(23(9)10)24(11)12/h6-7,15-16,24,30H,3-5,8-14,17H2,1-2H3;11,15,19H,1-10,12H2;3-5H,6H2,1-2H3,(H,11,12);1-18H2. The van der Waals surface area contributed by atoms with Gasteiger partial charge < -0.3 is 44.1 Å². The molecule has 0 spiro atoms. The molecule has 6 aromatic rings. The van der Waals surface area contributed by atoms with Gasteiger partial charge >= 0.3 is 5.97 Å². The number of hydrogen-bond donors (Lipinski definition) is 3. The first-order valence-electron chi connectivity index (χ1n) is 34.9. The lowest BCUT2D eigenvalue weighted by atomic mass is 9.97. The highest BCUT2D eigenvalue weighted by atomic mass is 33.5. The summed E-state index contributed by atoms with van der Waals surface area (Å²) in [6, 6.07) is 14.2. The average molecular weight is 2220 g/mol. The first-order chi connectivity index (χ1) is 53.4. The van der Waals surface area contributed by atoms with Crippen LogP contribution in [0.1, 0.15) is 122 Å². The van der Waals surface area contributed by atoms with Crippen molar-refractivity contribution in [3.63, 3.8) is 0 Å². The maximum atomic E-state index is 14.0. The number of piperidine rings is 2. The Bertz CT molecular complexity index is 4370. The molecule has 4 aromatic heterocycles. The number of likely N-dealkylation sites (tertiary alicyclic amines) is 1. The summed E-state index contributed by atoms with van der Waals surface area (Å²) in [5.41, 5.74) is 10.8. The van der Waals surface area contributed by atoms with Gasteiger partial charge in [0.15, 0.2) is 21.1 Å². The Morgan fingerprint density at radius 2 is 0.938 bits per heavy atom. The number of aromatic carboxylic acids is 1. The van der Waals surface area contributed by atoms with Gasteiger partial charge in [0.2, 0.25) is 10.0 Å². The van der Waals surface area contributed by atoms with Gasteiger partial charge in [0.05, 0.1) is 117 Å². The highest BCUT2D eigenvalue weighted by molar-refractivity contribution is 9.46. The van der Waals surface area contributed by atoms with Crippen molar-refractivity contribution in [1.82, 2.24) is 39.4 Å². The molecular weight excluding hydrogens is 2110 g/mol. The van der Waals surface area contributed by atoms with Gasteiger partial charge in [-0.3, -0.25) is 9.52 Å². The lowest BCUT2D eigenvalue weighted by Gasteiger charge is -2.54.